The molecular formula is CH6NaO3P. The second kappa shape index (κ2) is 6.31. The molecule has 34 valence electrons. The number of rotatable bonds is 1. The predicted octanol–water partition coefficient (Wildman–Crippen LogP) is -0.804. The first-order valence-corrected chi connectivity index (χ1v) is 2.16. The quantitative estimate of drug-likeness (QED) is 0.351. The van der Waals surface area contributed by atoms with E-state index in [0.29, 0.717) is 0 Å². The molecule has 0 fully saturated rings. The fourth-order valence-corrected chi connectivity index (χ4v) is 0. The van der Waals surface area contributed by atoms with E-state index < -0.39 is 8.60 Å². The van der Waals surface area contributed by atoms with E-state index in [0.717, 1.165) is 0 Å². The first-order valence-electron chi connectivity index (χ1n) is 0.991. The first-order chi connectivity index (χ1) is 2.27. The van der Waals surface area contributed by atoms with E-state index >= 15 is 0 Å². The van der Waals surface area contributed by atoms with Crippen LogP contribution in [0.3, 0.4) is 0 Å². The van der Waals surface area contributed by atoms with Gasteiger partial charge in [-0.2, -0.15) is 0 Å². The van der Waals surface area contributed by atoms with Crippen molar-refractivity contribution in [2.45, 2.75) is 0 Å². The van der Waals surface area contributed by atoms with Gasteiger partial charge in [0.05, 0.1) is 0 Å². The molecule has 0 atom stereocenters. The van der Waals surface area contributed by atoms with Crippen LogP contribution in [-0.4, -0.2) is 46.5 Å². The molecule has 0 aliphatic rings. The summed E-state index contributed by atoms with van der Waals surface area (Å²) in [5.41, 5.74) is 0. The summed E-state index contributed by atoms with van der Waals surface area (Å²) in [6.45, 7) is 0. The number of hydrogen-bond donors (Lipinski definition) is 2. The van der Waals surface area contributed by atoms with E-state index in [1.54, 1.807) is 0 Å². The van der Waals surface area contributed by atoms with Gasteiger partial charge in [0.15, 0.2) is 0 Å². The summed E-state index contributed by atoms with van der Waals surface area (Å²) in [6.07, 6.45) is 0. The molecule has 0 bridgehead atoms. The Morgan fingerprint density at radius 2 is 1.67 bits per heavy atom. The fraction of sp³-hybridized carbons (Fsp3) is 1.00. The maximum absolute atomic E-state index is 7.76. The van der Waals surface area contributed by atoms with Gasteiger partial charge in [-0.05, 0) is 0 Å². The zero-order chi connectivity index (χ0) is 4.28. The summed E-state index contributed by atoms with van der Waals surface area (Å²) in [5.74, 6) is 0. The van der Waals surface area contributed by atoms with Crippen LogP contribution in [0.2, 0.25) is 0 Å². The summed E-state index contributed by atoms with van der Waals surface area (Å²) in [7, 11) is -0.870. The van der Waals surface area contributed by atoms with Crippen molar-refractivity contribution in [1.29, 1.82) is 0 Å². The van der Waals surface area contributed by atoms with Gasteiger partial charge in [0.1, 0.15) is 0 Å². The van der Waals surface area contributed by atoms with Gasteiger partial charge in [0.25, 0.3) is 0 Å². The average molecular weight is 120 g/mol. The Morgan fingerprint density at radius 1 is 1.50 bits per heavy atom. The minimum absolute atomic E-state index is 0. The molecule has 0 aliphatic heterocycles. The van der Waals surface area contributed by atoms with Gasteiger partial charge in [0, 0.05) is 7.11 Å². The van der Waals surface area contributed by atoms with Crippen LogP contribution < -0.4 is 0 Å². The molecule has 0 amide bonds. The summed E-state index contributed by atoms with van der Waals surface area (Å²) in [5, 5.41) is 0. The summed E-state index contributed by atoms with van der Waals surface area (Å²) in [4.78, 5) is 15.5. The van der Waals surface area contributed by atoms with Crippen molar-refractivity contribution in [3.63, 3.8) is 0 Å². The Bertz CT molecular complexity index is 24.8. The van der Waals surface area contributed by atoms with Gasteiger partial charge in [-0.1, -0.05) is 0 Å². The zero-order valence-corrected chi connectivity index (χ0v) is 3.64. The van der Waals surface area contributed by atoms with Crippen molar-refractivity contribution >= 4 is 38.2 Å². The van der Waals surface area contributed by atoms with Crippen molar-refractivity contribution in [1.82, 2.24) is 0 Å². The second-order valence-corrected chi connectivity index (χ2v) is 1.31. The first kappa shape index (κ1) is 10.3. The normalized spacial score (nSPS) is 8.00. The topological polar surface area (TPSA) is 49.7 Å². The van der Waals surface area contributed by atoms with Gasteiger partial charge in [0.2, 0.25) is 0 Å². The molecule has 0 aromatic rings. The summed E-state index contributed by atoms with van der Waals surface area (Å²) in [6, 6.07) is 0. The minimum atomic E-state index is -2.10. The SMILES string of the molecule is COP(O)O.[NaH]. The summed E-state index contributed by atoms with van der Waals surface area (Å²) < 4.78 is 3.93. The zero-order valence-electron chi connectivity index (χ0n) is 2.75. The van der Waals surface area contributed by atoms with Crippen molar-refractivity contribution in [3.8, 4) is 0 Å². The van der Waals surface area contributed by atoms with E-state index in [1.807, 2.05) is 0 Å². The Balaban J connectivity index is 0. The van der Waals surface area contributed by atoms with Crippen LogP contribution in [0, 0.1) is 0 Å². The molecular weight excluding hydrogens is 114 g/mol. The van der Waals surface area contributed by atoms with Crippen molar-refractivity contribution in [2.24, 2.45) is 0 Å². The average Bonchev–Trinajstić information content (AvgIpc) is 1.38. The maximum atomic E-state index is 7.76. The van der Waals surface area contributed by atoms with Crippen LogP contribution in [0.15, 0.2) is 0 Å². The van der Waals surface area contributed by atoms with Crippen molar-refractivity contribution < 1.29 is 14.3 Å². The Morgan fingerprint density at radius 3 is 1.67 bits per heavy atom. The Kier molecular flexibility index (Phi) is 10.9. The standard InChI is InChI=1S/CH5O3P.Na.H/c1-4-5(2)3;;/h2-3H,1H3;;. The van der Waals surface area contributed by atoms with E-state index in [4.69, 9.17) is 9.79 Å². The van der Waals surface area contributed by atoms with Crippen LogP contribution in [0.4, 0.5) is 0 Å². The van der Waals surface area contributed by atoms with Crippen molar-refractivity contribution in [3.05, 3.63) is 0 Å². The van der Waals surface area contributed by atoms with E-state index in [1.165, 1.54) is 7.11 Å². The molecule has 0 heterocycles. The molecule has 6 heavy (non-hydrogen) atoms. The second-order valence-electron chi connectivity index (χ2n) is 0.435. The van der Waals surface area contributed by atoms with Crippen molar-refractivity contribution in [2.75, 3.05) is 7.11 Å². The van der Waals surface area contributed by atoms with Crippen LogP contribution in [0.25, 0.3) is 0 Å². The number of hydrogen-bond acceptors (Lipinski definition) is 3. The molecule has 0 spiro atoms. The molecule has 0 unspecified atom stereocenters. The van der Waals surface area contributed by atoms with Crippen LogP contribution in [-0.2, 0) is 4.52 Å². The van der Waals surface area contributed by atoms with Gasteiger partial charge in [-0.15, -0.1) is 0 Å². The molecule has 0 saturated carbocycles. The molecule has 0 radical (unpaired) electrons. The van der Waals surface area contributed by atoms with E-state index in [9.17, 15) is 0 Å². The summed E-state index contributed by atoms with van der Waals surface area (Å²) >= 11 is 0. The predicted molar refractivity (Wildman–Crippen MR) is 25.5 cm³/mol. The molecule has 0 aromatic heterocycles. The molecule has 3 nitrogen and oxygen atoms in total. The molecule has 2 N–H and O–H groups in total. The Hall–Kier alpha value is 1.31. The van der Waals surface area contributed by atoms with Gasteiger partial charge >= 0.3 is 38.2 Å². The monoisotopic (exact) mass is 120 g/mol. The van der Waals surface area contributed by atoms with Crippen LogP contribution in [0.5, 0.6) is 0 Å². The molecule has 0 saturated heterocycles. The molecule has 0 rings (SSSR count). The molecule has 0 aromatic carbocycles. The van der Waals surface area contributed by atoms with Gasteiger partial charge < -0.3 is 14.3 Å². The molecule has 0 aliphatic carbocycles. The third-order valence-electron chi connectivity index (χ3n) is 0.163. The van der Waals surface area contributed by atoms with Crippen LogP contribution >= 0.6 is 8.60 Å². The third kappa shape index (κ3) is 9.00. The van der Waals surface area contributed by atoms with Crippen LogP contribution in [0.1, 0.15) is 0 Å². The third-order valence-corrected chi connectivity index (χ3v) is 0.490. The Labute approximate surface area is 59.6 Å². The molecule has 5 heteroatoms. The van der Waals surface area contributed by atoms with Gasteiger partial charge in [-0.3, -0.25) is 0 Å². The van der Waals surface area contributed by atoms with E-state index in [2.05, 4.69) is 4.52 Å². The van der Waals surface area contributed by atoms with E-state index in [-0.39, 0.29) is 29.6 Å². The van der Waals surface area contributed by atoms with Gasteiger partial charge in [-0.25, -0.2) is 0 Å². The fourth-order valence-electron chi connectivity index (χ4n) is 0.